The van der Waals surface area contributed by atoms with Crippen molar-refractivity contribution >= 4 is 51.7 Å². The SMILES string of the molecule is O=C(O)/C=C\C(=O)Nc1ccc2c(=O)n3c(nc2c1)/C(=C/c1cccc(Cl)c1)CC3. The Morgan fingerprint density at radius 3 is 2.77 bits per heavy atom. The molecule has 0 bridgehead atoms. The highest BCUT2D eigenvalue weighted by atomic mass is 35.5. The molecule has 0 spiro atoms. The van der Waals surface area contributed by atoms with Crippen LogP contribution in [0.25, 0.3) is 22.6 Å². The smallest absolute Gasteiger partial charge is 0.328 e. The van der Waals surface area contributed by atoms with Crippen molar-refractivity contribution in [1.29, 1.82) is 0 Å². The number of carboxylic acid groups (broad SMARTS) is 1. The standard InChI is InChI=1S/C22H16ClN3O4/c23-15-3-1-2-13(11-15)10-14-8-9-26-21(14)25-18-12-16(4-5-17(18)22(26)30)24-19(27)6-7-20(28)29/h1-7,10-12H,8-9H2,(H,24,27)(H,28,29)/b7-6-,14-10+. The number of aromatic nitrogens is 2. The lowest BCUT2D eigenvalue weighted by Gasteiger charge is -2.08. The van der Waals surface area contributed by atoms with Crippen molar-refractivity contribution in [2.75, 3.05) is 5.32 Å². The third-order valence-corrected chi connectivity index (χ3v) is 4.92. The number of nitrogens with one attached hydrogen (secondary N) is 1. The number of hydrogen-bond donors (Lipinski definition) is 2. The number of halogens is 1. The number of aliphatic carboxylic acids is 1. The van der Waals surface area contributed by atoms with E-state index in [0.29, 0.717) is 40.4 Å². The first-order valence-electron chi connectivity index (χ1n) is 9.14. The van der Waals surface area contributed by atoms with Crippen LogP contribution in [0.1, 0.15) is 17.8 Å². The van der Waals surface area contributed by atoms with E-state index in [4.69, 9.17) is 16.7 Å². The fourth-order valence-electron chi connectivity index (χ4n) is 3.36. The molecule has 2 N–H and O–H groups in total. The van der Waals surface area contributed by atoms with Gasteiger partial charge in [-0.15, -0.1) is 0 Å². The van der Waals surface area contributed by atoms with Gasteiger partial charge < -0.3 is 10.4 Å². The van der Waals surface area contributed by atoms with Crippen LogP contribution in [0, 0.1) is 0 Å². The van der Waals surface area contributed by atoms with Crippen molar-refractivity contribution in [3.63, 3.8) is 0 Å². The molecule has 30 heavy (non-hydrogen) atoms. The molecule has 1 aromatic heterocycles. The van der Waals surface area contributed by atoms with Crippen molar-refractivity contribution in [1.82, 2.24) is 9.55 Å². The minimum atomic E-state index is -1.21. The molecule has 2 heterocycles. The highest BCUT2D eigenvalue weighted by molar-refractivity contribution is 6.30. The van der Waals surface area contributed by atoms with Crippen LogP contribution in [0.15, 0.2) is 59.4 Å². The summed E-state index contributed by atoms with van der Waals surface area (Å²) in [4.78, 5) is 39.9. The monoisotopic (exact) mass is 421 g/mol. The Hall–Kier alpha value is -3.71. The molecule has 0 atom stereocenters. The summed E-state index contributed by atoms with van der Waals surface area (Å²) in [5.74, 6) is -1.22. The maximum atomic E-state index is 12.9. The zero-order chi connectivity index (χ0) is 21.3. The van der Waals surface area contributed by atoms with Crippen LogP contribution >= 0.6 is 11.6 Å². The molecule has 3 aromatic rings. The number of benzene rings is 2. The fraction of sp³-hybridized carbons (Fsp3) is 0.0909. The Balaban J connectivity index is 1.72. The van der Waals surface area contributed by atoms with Crippen LogP contribution in [0.4, 0.5) is 5.69 Å². The van der Waals surface area contributed by atoms with E-state index in [2.05, 4.69) is 10.3 Å². The van der Waals surface area contributed by atoms with Gasteiger partial charge in [0.25, 0.3) is 5.56 Å². The van der Waals surface area contributed by atoms with Gasteiger partial charge in [0.15, 0.2) is 0 Å². The highest BCUT2D eigenvalue weighted by Crippen LogP contribution is 2.28. The van der Waals surface area contributed by atoms with Crippen molar-refractivity contribution in [3.8, 4) is 0 Å². The largest absolute Gasteiger partial charge is 0.478 e. The van der Waals surface area contributed by atoms with E-state index >= 15 is 0 Å². The summed E-state index contributed by atoms with van der Waals surface area (Å²) in [5, 5.41) is 12.3. The lowest BCUT2D eigenvalue weighted by atomic mass is 10.1. The van der Waals surface area contributed by atoms with Gasteiger partial charge >= 0.3 is 5.97 Å². The summed E-state index contributed by atoms with van der Waals surface area (Å²) < 4.78 is 1.65. The molecule has 0 radical (unpaired) electrons. The van der Waals surface area contributed by atoms with Crippen LogP contribution in [0.3, 0.4) is 0 Å². The molecule has 4 rings (SSSR count). The molecule has 0 saturated heterocycles. The summed E-state index contributed by atoms with van der Waals surface area (Å²) in [7, 11) is 0. The molecule has 8 heteroatoms. The summed E-state index contributed by atoms with van der Waals surface area (Å²) in [6.45, 7) is 0.544. The average molecular weight is 422 g/mol. The highest BCUT2D eigenvalue weighted by Gasteiger charge is 2.21. The van der Waals surface area contributed by atoms with Crippen molar-refractivity contribution in [2.45, 2.75) is 13.0 Å². The first-order valence-corrected chi connectivity index (χ1v) is 9.51. The summed E-state index contributed by atoms with van der Waals surface area (Å²) >= 11 is 6.06. The minimum absolute atomic E-state index is 0.145. The molecule has 1 aliphatic rings. The summed E-state index contributed by atoms with van der Waals surface area (Å²) in [6.07, 6.45) is 4.31. The number of hydrogen-bond acceptors (Lipinski definition) is 4. The van der Waals surface area contributed by atoms with E-state index in [0.717, 1.165) is 23.3 Å². The molecule has 0 unspecified atom stereocenters. The lowest BCUT2D eigenvalue weighted by molar-refractivity contribution is -0.131. The van der Waals surface area contributed by atoms with E-state index in [-0.39, 0.29) is 5.56 Å². The summed E-state index contributed by atoms with van der Waals surface area (Å²) in [5.41, 5.74) is 2.57. The molecular weight excluding hydrogens is 406 g/mol. The van der Waals surface area contributed by atoms with Gasteiger partial charge in [0.05, 0.1) is 10.9 Å². The average Bonchev–Trinajstić information content (AvgIpc) is 3.09. The van der Waals surface area contributed by atoms with Gasteiger partial charge in [0, 0.05) is 29.4 Å². The van der Waals surface area contributed by atoms with Crippen molar-refractivity contribution < 1.29 is 14.7 Å². The van der Waals surface area contributed by atoms with E-state index < -0.39 is 11.9 Å². The van der Waals surface area contributed by atoms with Crippen LogP contribution < -0.4 is 10.9 Å². The Labute approximate surface area is 175 Å². The molecule has 0 fully saturated rings. The van der Waals surface area contributed by atoms with Gasteiger partial charge in [-0.3, -0.25) is 14.2 Å². The predicted octanol–water partition coefficient (Wildman–Crippen LogP) is 3.57. The molecule has 1 aliphatic heterocycles. The number of allylic oxidation sites excluding steroid dienone is 1. The zero-order valence-electron chi connectivity index (χ0n) is 15.6. The van der Waals surface area contributed by atoms with Crippen LogP contribution in [-0.4, -0.2) is 26.5 Å². The molecule has 150 valence electrons. The molecule has 1 amide bonds. The Kier molecular flexibility index (Phi) is 5.20. The van der Waals surface area contributed by atoms with Crippen LogP contribution in [0.5, 0.6) is 0 Å². The number of carbonyl (C=O) groups is 2. The van der Waals surface area contributed by atoms with E-state index in [1.54, 1.807) is 28.8 Å². The number of rotatable bonds is 4. The molecule has 0 saturated carbocycles. The molecule has 0 aliphatic carbocycles. The third kappa shape index (κ3) is 4.01. The van der Waals surface area contributed by atoms with Gasteiger partial charge in [-0.05, 0) is 54.0 Å². The number of carboxylic acids is 1. The maximum Gasteiger partial charge on any atom is 0.328 e. The maximum absolute atomic E-state index is 12.9. The number of fused-ring (bicyclic) bond motifs is 2. The first-order chi connectivity index (χ1) is 14.4. The fourth-order valence-corrected chi connectivity index (χ4v) is 3.56. The van der Waals surface area contributed by atoms with Crippen molar-refractivity contribution in [2.24, 2.45) is 0 Å². The number of anilines is 1. The molecule has 2 aromatic carbocycles. The number of nitrogens with zero attached hydrogens (tertiary/aromatic N) is 2. The van der Waals surface area contributed by atoms with E-state index in [9.17, 15) is 14.4 Å². The quantitative estimate of drug-likeness (QED) is 0.627. The van der Waals surface area contributed by atoms with Crippen LogP contribution in [0.2, 0.25) is 5.02 Å². The first kappa shape index (κ1) is 19.6. The van der Waals surface area contributed by atoms with Crippen LogP contribution in [-0.2, 0) is 16.1 Å². The Bertz CT molecular complexity index is 1310. The Morgan fingerprint density at radius 1 is 1.17 bits per heavy atom. The minimum Gasteiger partial charge on any atom is -0.478 e. The second-order valence-electron chi connectivity index (χ2n) is 6.76. The number of carbonyl (C=O) groups excluding carboxylic acids is 1. The predicted molar refractivity (Wildman–Crippen MR) is 115 cm³/mol. The lowest BCUT2D eigenvalue weighted by Crippen LogP contribution is -2.21. The molecular formula is C22H16ClN3O4. The number of amides is 1. The summed E-state index contributed by atoms with van der Waals surface area (Å²) in [6, 6.07) is 12.2. The second kappa shape index (κ2) is 7.96. The van der Waals surface area contributed by atoms with Crippen molar-refractivity contribution in [3.05, 3.63) is 81.4 Å². The molecule has 7 nitrogen and oxygen atoms in total. The normalized spacial score (nSPS) is 14.4. The van der Waals surface area contributed by atoms with Gasteiger partial charge in [-0.1, -0.05) is 23.7 Å². The van der Waals surface area contributed by atoms with Gasteiger partial charge in [-0.2, -0.15) is 0 Å². The van der Waals surface area contributed by atoms with Gasteiger partial charge in [0.1, 0.15) is 5.82 Å². The zero-order valence-corrected chi connectivity index (χ0v) is 16.4. The topological polar surface area (TPSA) is 101 Å². The van der Waals surface area contributed by atoms with E-state index in [1.165, 1.54) is 0 Å². The third-order valence-electron chi connectivity index (χ3n) is 4.68. The van der Waals surface area contributed by atoms with Gasteiger partial charge in [0.2, 0.25) is 5.91 Å². The second-order valence-corrected chi connectivity index (χ2v) is 7.20. The van der Waals surface area contributed by atoms with Gasteiger partial charge in [-0.25, -0.2) is 9.78 Å². The van der Waals surface area contributed by atoms with E-state index in [1.807, 2.05) is 24.3 Å². The Morgan fingerprint density at radius 2 is 2.00 bits per heavy atom.